The molecule has 22 heavy (non-hydrogen) atoms. The van der Waals surface area contributed by atoms with Crippen molar-refractivity contribution in [3.63, 3.8) is 0 Å². The minimum Gasteiger partial charge on any atom is -0.377 e. The first kappa shape index (κ1) is 15.0. The van der Waals surface area contributed by atoms with Gasteiger partial charge in [0.2, 0.25) is 5.82 Å². The fourth-order valence-corrected chi connectivity index (χ4v) is 1.79. The van der Waals surface area contributed by atoms with Crippen LogP contribution >= 0.6 is 0 Å². The molecular weight excluding hydrogens is 284 g/mol. The number of nitriles is 1. The van der Waals surface area contributed by atoms with E-state index in [4.69, 9.17) is 11.0 Å². The maximum absolute atomic E-state index is 11.5. The third-order valence-corrected chi connectivity index (χ3v) is 2.83. The lowest BCUT2D eigenvalue weighted by atomic mass is 10.1. The summed E-state index contributed by atoms with van der Waals surface area (Å²) in [6.45, 7) is 0. The fourth-order valence-electron chi connectivity index (χ4n) is 1.79. The summed E-state index contributed by atoms with van der Waals surface area (Å²) in [6.07, 6.45) is 1.43. The second kappa shape index (κ2) is 6.36. The molecule has 0 radical (unpaired) electrons. The SMILES string of the molecule is CN(C)c1ccc(NC=C(C#N)c2nn[nH]n2)cc1C(N)=O. The van der Waals surface area contributed by atoms with E-state index in [-0.39, 0.29) is 11.4 Å². The van der Waals surface area contributed by atoms with Crippen molar-refractivity contribution < 1.29 is 4.79 Å². The van der Waals surface area contributed by atoms with Crippen molar-refractivity contribution in [2.45, 2.75) is 0 Å². The number of aromatic amines is 1. The number of anilines is 2. The number of aromatic nitrogens is 4. The first-order valence-corrected chi connectivity index (χ1v) is 6.24. The van der Waals surface area contributed by atoms with Crippen molar-refractivity contribution >= 4 is 22.9 Å². The summed E-state index contributed by atoms with van der Waals surface area (Å²) in [7, 11) is 3.64. The molecule has 0 aliphatic carbocycles. The molecule has 0 aliphatic rings. The van der Waals surface area contributed by atoms with E-state index in [1.165, 1.54) is 6.20 Å². The van der Waals surface area contributed by atoms with Gasteiger partial charge in [0.15, 0.2) is 0 Å². The van der Waals surface area contributed by atoms with Gasteiger partial charge in [0.05, 0.1) is 5.56 Å². The number of benzene rings is 1. The van der Waals surface area contributed by atoms with E-state index in [1.54, 1.807) is 23.1 Å². The number of amides is 1. The molecule has 0 atom stereocenters. The number of carbonyl (C=O) groups excluding carboxylic acids is 1. The summed E-state index contributed by atoms with van der Waals surface area (Å²) in [5.41, 5.74) is 7.28. The van der Waals surface area contributed by atoms with Crippen molar-refractivity contribution in [2.75, 3.05) is 24.3 Å². The van der Waals surface area contributed by atoms with Gasteiger partial charge in [-0.15, -0.1) is 10.2 Å². The Labute approximate surface area is 126 Å². The number of carbonyl (C=O) groups is 1. The van der Waals surface area contributed by atoms with Crippen molar-refractivity contribution in [3.8, 4) is 6.07 Å². The normalized spacial score (nSPS) is 10.9. The van der Waals surface area contributed by atoms with E-state index < -0.39 is 5.91 Å². The Morgan fingerprint density at radius 2 is 2.27 bits per heavy atom. The Morgan fingerprint density at radius 1 is 1.50 bits per heavy atom. The highest BCUT2D eigenvalue weighted by atomic mass is 16.1. The molecule has 0 saturated heterocycles. The number of hydrogen-bond donors (Lipinski definition) is 3. The topological polar surface area (TPSA) is 137 Å². The van der Waals surface area contributed by atoms with Crippen LogP contribution in [0.5, 0.6) is 0 Å². The number of hydrogen-bond acceptors (Lipinski definition) is 7. The maximum Gasteiger partial charge on any atom is 0.250 e. The molecule has 0 saturated carbocycles. The number of H-pyrrole nitrogens is 1. The lowest BCUT2D eigenvalue weighted by Gasteiger charge is -2.16. The zero-order valence-electron chi connectivity index (χ0n) is 12.0. The quantitative estimate of drug-likeness (QED) is 0.677. The van der Waals surface area contributed by atoms with Crippen LogP contribution in [0, 0.1) is 11.3 Å². The average molecular weight is 298 g/mol. The number of rotatable bonds is 5. The summed E-state index contributed by atoms with van der Waals surface area (Å²) >= 11 is 0. The molecule has 112 valence electrons. The smallest absolute Gasteiger partial charge is 0.250 e. The molecule has 2 aromatic rings. The summed E-state index contributed by atoms with van der Waals surface area (Å²) in [4.78, 5) is 13.3. The molecule has 2 rings (SSSR count). The second-order valence-electron chi connectivity index (χ2n) is 4.54. The van der Waals surface area contributed by atoms with Crippen molar-refractivity contribution in [2.24, 2.45) is 5.73 Å². The average Bonchev–Trinajstić information content (AvgIpc) is 3.01. The third-order valence-electron chi connectivity index (χ3n) is 2.83. The molecule has 1 aromatic carbocycles. The first-order valence-electron chi connectivity index (χ1n) is 6.24. The largest absolute Gasteiger partial charge is 0.377 e. The standard InChI is InChI=1S/C13H14N8O/c1-21(2)11-4-3-9(5-10(11)12(15)22)16-7-8(6-14)13-17-19-20-18-13/h3-5,7,16H,1-2H3,(H2,15,22)(H,17,18,19,20). The molecule has 1 amide bonds. The Bertz CT molecular complexity index is 742. The zero-order chi connectivity index (χ0) is 16.1. The number of primary amides is 1. The fraction of sp³-hybridized carbons (Fsp3) is 0.154. The van der Waals surface area contributed by atoms with E-state index in [1.807, 2.05) is 20.2 Å². The second-order valence-corrected chi connectivity index (χ2v) is 4.54. The molecule has 4 N–H and O–H groups in total. The number of nitrogens with zero attached hydrogens (tertiary/aromatic N) is 5. The van der Waals surface area contributed by atoms with Crippen LogP contribution in [-0.4, -0.2) is 40.6 Å². The highest BCUT2D eigenvalue weighted by Crippen LogP contribution is 2.23. The lowest BCUT2D eigenvalue weighted by Crippen LogP contribution is -2.18. The summed E-state index contributed by atoms with van der Waals surface area (Å²) < 4.78 is 0. The van der Waals surface area contributed by atoms with Gasteiger partial charge in [-0.2, -0.15) is 10.5 Å². The van der Waals surface area contributed by atoms with Gasteiger partial charge in [-0.1, -0.05) is 0 Å². The predicted molar refractivity (Wildman–Crippen MR) is 80.7 cm³/mol. The van der Waals surface area contributed by atoms with Crippen LogP contribution < -0.4 is 16.0 Å². The lowest BCUT2D eigenvalue weighted by molar-refractivity contribution is 0.100. The third kappa shape index (κ3) is 3.18. The van der Waals surface area contributed by atoms with Crippen LogP contribution in [0.15, 0.2) is 24.4 Å². The Morgan fingerprint density at radius 3 is 2.82 bits per heavy atom. The molecule has 9 heteroatoms. The van der Waals surface area contributed by atoms with Crippen LogP contribution in [0.1, 0.15) is 16.2 Å². The molecule has 1 heterocycles. The van der Waals surface area contributed by atoms with Gasteiger partial charge in [0, 0.05) is 31.7 Å². The van der Waals surface area contributed by atoms with E-state index >= 15 is 0 Å². The Kier molecular flexibility index (Phi) is 4.33. The number of nitrogens with two attached hydrogens (primary N) is 1. The van der Waals surface area contributed by atoms with Gasteiger partial charge < -0.3 is 16.0 Å². The molecular formula is C13H14N8O. The van der Waals surface area contributed by atoms with Crippen LogP contribution in [0.3, 0.4) is 0 Å². The van der Waals surface area contributed by atoms with Crippen LogP contribution in [0.4, 0.5) is 11.4 Å². The van der Waals surface area contributed by atoms with Crippen molar-refractivity contribution in [1.82, 2.24) is 20.6 Å². The van der Waals surface area contributed by atoms with Crippen molar-refractivity contribution in [1.29, 1.82) is 5.26 Å². The van der Waals surface area contributed by atoms with Crippen molar-refractivity contribution in [3.05, 3.63) is 35.8 Å². The molecule has 0 bridgehead atoms. The van der Waals surface area contributed by atoms with Gasteiger partial charge in [0.1, 0.15) is 11.6 Å². The number of tetrazole rings is 1. The first-order chi connectivity index (χ1) is 10.5. The maximum atomic E-state index is 11.5. The predicted octanol–water partition coefficient (Wildman–Crippen LogP) is 0.341. The van der Waals surface area contributed by atoms with Gasteiger partial charge in [-0.25, -0.2) is 0 Å². The molecule has 0 spiro atoms. The monoisotopic (exact) mass is 298 g/mol. The highest BCUT2D eigenvalue weighted by molar-refractivity contribution is 5.99. The molecule has 1 aromatic heterocycles. The van der Waals surface area contributed by atoms with Gasteiger partial charge in [-0.3, -0.25) is 4.79 Å². The van der Waals surface area contributed by atoms with E-state index in [9.17, 15) is 4.79 Å². The van der Waals surface area contributed by atoms with Gasteiger partial charge in [0.25, 0.3) is 5.91 Å². The molecule has 9 nitrogen and oxygen atoms in total. The zero-order valence-corrected chi connectivity index (χ0v) is 12.0. The summed E-state index contributed by atoms with van der Waals surface area (Å²) in [5.74, 6) is -0.356. The van der Waals surface area contributed by atoms with Crippen LogP contribution in [0.2, 0.25) is 0 Å². The van der Waals surface area contributed by atoms with E-state index in [0.717, 1.165) is 0 Å². The molecule has 0 unspecified atom stereocenters. The minimum atomic E-state index is -0.532. The number of nitrogens with one attached hydrogen (secondary N) is 2. The summed E-state index contributed by atoms with van der Waals surface area (Å²) in [6, 6.07) is 7.09. The Balaban J connectivity index is 2.29. The number of allylic oxidation sites excluding steroid dienone is 1. The highest BCUT2D eigenvalue weighted by Gasteiger charge is 2.11. The van der Waals surface area contributed by atoms with Crippen LogP contribution in [-0.2, 0) is 0 Å². The Hall–Kier alpha value is -3.41. The molecule has 0 fully saturated rings. The van der Waals surface area contributed by atoms with E-state index in [0.29, 0.717) is 16.9 Å². The summed E-state index contributed by atoms with van der Waals surface area (Å²) in [5, 5.41) is 25.1. The van der Waals surface area contributed by atoms with Crippen LogP contribution in [0.25, 0.3) is 5.57 Å². The molecule has 0 aliphatic heterocycles. The van der Waals surface area contributed by atoms with Gasteiger partial charge >= 0.3 is 0 Å². The van der Waals surface area contributed by atoms with E-state index in [2.05, 4.69) is 25.9 Å². The van der Waals surface area contributed by atoms with Gasteiger partial charge in [-0.05, 0) is 23.4 Å². The minimum absolute atomic E-state index is 0.176.